The third kappa shape index (κ3) is 7.45. The van der Waals surface area contributed by atoms with Crippen molar-refractivity contribution >= 4 is 11.7 Å². The lowest BCUT2D eigenvalue weighted by atomic mass is 9.56. The highest BCUT2D eigenvalue weighted by molar-refractivity contribution is 5.69. The van der Waals surface area contributed by atoms with Crippen LogP contribution < -0.4 is 9.64 Å². The predicted molar refractivity (Wildman–Crippen MR) is 180 cm³/mol. The molecule has 0 bridgehead atoms. The number of methoxy groups -OCH3 is 2. The van der Waals surface area contributed by atoms with Crippen LogP contribution in [-0.4, -0.2) is 95.6 Å². The van der Waals surface area contributed by atoms with Gasteiger partial charge in [-0.05, 0) is 106 Å². The zero-order chi connectivity index (χ0) is 32.8. The van der Waals surface area contributed by atoms with Crippen LogP contribution in [0.4, 0.5) is 10.1 Å². The van der Waals surface area contributed by atoms with Crippen LogP contribution in [0.2, 0.25) is 0 Å². The number of piperidine rings is 1. The van der Waals surface area contributed by atoms with Crippen LogP contribution in [0.5, 0.6) is 5.75 Å². The summed E-state index contributed by atoms with van der Waals surface area (Å²) in [4.78, 5) is 20.1. The number of nitrogens with zero attached hydrogens (tertiary/aromatic N) is 4. The molecule has 0 radical (unpaired) electrons. The maximum Gasteiger partial charge on any atom is 0.305 e. The van der Waals surface area contributed by atoms with Gasteiger partial charge in [0.2, 0.25) is 0 Å². The molecule has 9 heteroatoms. The molecule has 47 heavy (non-hydrogen) atoms. The number of anilines is 1. The van der Waals surface area contributed by atoms with Crippen LogP contribution in [0.15, 0.2) is 42.5 Å². The summed E-state index contributed by atoms with van der Waals surface area (Å²) in [5.74, 6) is 1.94. The average molecular weight is 647 g/mol. The van der Waals surface area contributed by atoms with Crippen molar-refractivity contribution in [1.29, 1.82) is 5.26 Å². The third-order valence-corrected chi connectivity index (χ3v) is 11.6. The summed E-state index contributed by atoms with van der Waals surface area (Å²) in [6.45, 7) is 9.18. The number of rotatable bonds is 14. The van der Waals surface area contributed by atoms with Gasteiger partial charge < -0.3 is 28.9 Å². The second kappa shape index (κ2) is 15.4. The van der Waals surface area contributed by atoms with Crippen LogP contribution in [0.25, 0.3) is 0 Å². The lowest BCUT2D eigenvalue weighted by Crippen LogP contribution is -2.58. The van der Waals surface area contributed by atoms with E-state index in [1.165, 1.54) is 13.5 Å². The lowest BCUT2D eigenvalue weighted by molar-refractivity contribution is -0.142. The Bertz CT molecular complexity index is 1400. The quantitative estimate of drug-likeness (QED) is 0.197. The second-order valence-electron chi connectivity index (χ2n) is 14.2. The fourth-order valence-corrected chi connectivity index (χ4v) is 9.08. The number of esters is 1. The van der Waals surface area contributed by atoms with E-state index in [4.69, 9.17) is 14.2 Å². The van der Waals surface area contributed by atoms with Gasteiger partial charge in [0.15, 0.2) is 0 Å². The molecule has 3 aliphatic heterocycles. The molecule has 0 unspecified atom stereocenters. The Balaban J connectivity index is 1.13. The van der Waals surface area contributed by atoms with E-state index in [0.29, 0.717) is 48.7 Å². The minimum Gasteiger partial charge on any atom is -0.490 e. The normalized spacial score (nSPS) is 23.8. The van der Waals surface area contributed by atoms with Gasteiger partial charge in [0.05, 0.1) is 19.3 Å². The Hall–Kier alpha value is -3.19. The molecule has 3 heterocycles. The molecule has 0 N–H and O–H groups in total. The molecule has 4 fully saturated rings. The number of carbonyl (C=O) groups excluding carboxylic acids is 1. The molecule has 3 saturated heterocycles. The maximum absolute atomic E-state index is 15.0. The van der Waals surface area contributed by atoms with Gasteiger partial charge in [-0.2, -0.15) is 5.26 Å². The highest BCUT2D eigenvalue weighted by Gasteiger charge is 2.53. The fraction of sp³-hybridized carbons (Fsp3) is 0.632. The Kier molecular flexibility index (Phi) is 11.0. The smallest absolute Gasteiger partial charge is 0.305 e. The van der Waals surface area contributed by atoms with E-state index in [0.717, 1.165) is 95.7 Å². The van der Waals surface area contributed by atoms with Crippen LogP contribution in [-0.2, 0) is 19.7 Å². The van der Waals surface area contributed by atoms with Crippen LogP contribution in [0.1, 0.15) is 56.1 Å². The Morgan fingerprint density at radius 3 is 2.47 bits per heavy atom. The SMILES string of the molecule is COCCOc1cc(N2CC(CN3CCC([C@@](CN4CCC4)(c4cccc(F)c4)[C@H]4CCC[C@@H]4CC(=O)OC)CC3)C2)ccc1C#N. The number of ether oxygens (including phenoxy) is 3. The van der Waals surface area contributed by atoms with E-state index in [1.807, 2.05) is 24.3 Å². The van der Waals surface area contributed by atoms with Crippen molar-refractivity contribution in [2.24, 2.45) is 23.7 Å². The summed E-state index contributed by atoms with van der Waals surface area (Å²) >= 11 is 0. The van der Waals surface area contributed by atoms with Crippen LogP contribution in [0.3, 0.4) is 0 Å². The largest absolute Gasteiger partial charge is 0.490 e. The fourth-order valence-electron chi connectivity index (χ4n) is 9.08. The van der Waals surface area contributed by atoms with Crippen molar-refractivity contribution in [3.63, 3.8) is 0 Å². The molecule has 1 saturated carbocycles. The molecule has 4 aliphatic rings. The summed E-state index contributed by atoms with van der Waals surface area (Å²) in [5.41, 5.74) is 2.58. The van der Waals surface area contributed by atoms with Gasteiger partial charge in [0.25, 0.3) is 0 Å². The van der Waals surface area contributed by atoms with E-state index >= 15 is 0 Å². The summed E-state index contributed by atoms with van der Waals surface area (Å²) in [6, 6.07) is 15.5. The molecule has 1 aliphatic carbocycles. The number of hydrogen-bond donors (Lipinski definition) is 0. The molecule has 6 rings (SSSR count). The standard InChI is InChI=1S/C38H51FN4O4/c1-45-18-19-47-36-22-34(11-10-30(36)23-40)43-25-28(26-43)24-41-16-12-31(13-17-41)38(27-42-14-5-15-42,32-7-4-8-33(39)21-32)35-9-3-6-29(35)20-37(44)46-2/h4,7-8,10-11,21-22,28-29,31,35H,3,5-6,9,12-20,24-27H2,1-2H3/t29-,35+,38+/m1/s1. The van der Waals surface area contributed by atoms with E-state index in [1.54, 1.807) is 19.2 Å². The number of benzene rings is 2. The molecule has 2 aromatic rings. The molecular formula is C38H51FN4O4. The van der Waals surface area contributed by atoms with Crippen molar-refractivity contribution in [1.82, 2.24) is 9.80 Å². The topological polar surface area (TPSA) is 78.3 Å². The van der Waals surface area contributed by atoms with E-state index in [2.05, 4.69) is 26.8 Å². The second-order valence-corrected chi connectivity index (χ2v) is 14.2. The Morgan fingerprint density at radius 1 is 0.979 bits per heavy atom. The first kappa shape index (κ1) is 33.7. The minimum atomic E-state index is -0.185. The van der Waals surface area contributed by atoms with E-state index < -0.39 is 0 Å². The van der Waals surface area contributed by atoms with Gasteiger partial charge in [-0.3, -0.25) is 4.79 Å². The monoisotopic (exact) mass is 646 g/mol. The molecule has 8 nitrogen and oxygen atoms in total. The molecule has 2 aromatic carbocycles. The zero-order valence-electron chi connectivity index (χ0n) is 28.2. The summed E-state index contributed by atoms with van der Waals surface area (Å²) in [6.07, 6.45) is 7.07. The van der Waals surface area contributed by atoms with Gasteiger partial charge in [0, 0.05) is 62.8 Å². The maximum atomic E-state index is 15.0. The van der Waals surface area contributed by atoms with E-state index in [-0.39, 0.29) is 23.1 Å². The third-order valence-electron chi connectivity index (χ3n) is 11.6. The first-order valence-electron chi connectivity index (χ1n) is 17.6. The summed E-state index contributed by atoms with van der Waals surface area (Å²) < 4.78 is 31.0. The van der Waals surface area contributed by atoms with Crippen molar-refractivity contribution in [2.45, 2.75) is 50.4 Å². The first-order valence-corrected chi connectivity index (χ1v) is 17.6. The molecule has 0 spiro atoms. The van der Waals surface area contributed by atoms with Crippen molar-refractivity contribution in [2.75, 3.05) is 84.7 Å². The van der Waals surface area contributed by atoms with Crippen LogP contribution >= 0.6 is 0 Å². The van der Waals surface area contributed by atoms with Gasteiger partial charge in [-0.15, -0.1) is 0 Å². The first-order chi connectivity index (χ1) is 22.9. The highest BCUT2D eigenvalue weighted by Crippen LogP contribution is 2.54. The van der Waals surface area contributed by atoms with Gasteiger partial charge >= 0.3 is 5.97 Å². The van der Waals surface area contributed by atoms with Crippen molar-refractivity contribution in [3.8, 4) is 11.8 Å². The van der Waals surface area contributed by atoms with Gasteiger partial charge in [-0.1, -0.05) is 18.6 Å². The van der Waals surface area contributed by atoms with Gasteiger partial charge in [-0.25, -0.2) is 4.39 Å². The van der Waals surface area contributed by atoms with Crippen molar-refractivity contribution in [3.05, 3.63) is 59.4 Å². The summed E-state index contributed by atoms with van der Waals surface area (Å²) in [7, 11) is 3.13. The Labute approximate surface area is 279 Å². The molecular weight excluding hydrogens is 595 g/mol. The highest BCUT2D eigenvalue weighted by atomic mass is 19.1. The van der Waals surface area contributed by atoms with Gasteiger partial charge in [0.1, 0.15) is 24.2 Å². The lowest BCUT2D eigenvalue weighted by Gasteiger charge is -2.54. The summed E-state index contributed by atoms with van der Waals surface area (Å²) in [5, 5.41) is 9.51. The number of carbonyl (C=O) groups is 1. The zero-order valence-corrected chi connectivity index (χ0v) is 28.2. The average Bonchev–Trinajstić information content (AvgIpc) is 3.51. The minimum absolute atomic E-state index is 0.126. The number of hydrogen-bond acceptors (Lipinski definition) is 8. The molecule has 0 aromatic heterocycles. The number of nitriles is 1. The molecule has 0 amide bonds. The van der Waals surface area contributed by atoms with E-state index in [9.17, 15) is 14.4 Å². The van der Waals surface area contributed by atoms with Crippen LogP contribution in [0, 0.1) is 40.8 Å². The molecule has 3 atom stereocenters. The predicted octanol–water partition coefficient (Wildman–Crippen LogP) is 5.49. The van der Waals surface area contributed by atoms with Crippen molar-refractivity contribution < 1.29 is 23.4 Å². The number of halogens is 1. The Morgan fingerprint density at radius 2 is 1.79 bits per heavy atom. The number of likely N-dealkylation sites (tertiary alicyclic amines) is 2. The molecule has 254 valence electrons.